The van der Waals surface area contributed by atoms with Crippen molar-refractivity contribution in [2.45, 2.75) is 36.6 Å². The van der Waals surface area contributed by atoms with E-state index < -0.39 is 32.6 Å². The monoisotopic (exact) mass is 448 g/mol. The zero-order valence-corrected chi connectivity index (χ0v) is 16.8. The van der Waals surface area contributed by atoms with Crippen molar-refractivity contribution in [2.24, 2.45) is 0 Å². The van der Waals surface area contributed by atoms with Gasteiger partial charge >= 0.3 is 0 Å². The van der Waals surface area contributed by atoms with E-state index in [0.29, 0.717) is 0 Å². The Morgan fingerprint density at radius 1 is 1.04 bits per heavy atom. The number of nitrogens with one attached hydrogen (secondary N) is 2. The van der Waals surface area contributed by atoms with E-state index in [2.05, 4.69) is 10.0 Å². The summed E-state index contributed by atoms with van der Waals surface area (Å²) in [5.74, 6) is -3.25. The molecule has 2 aromatic rings. The van der Waals surface area contributed by atoms with Crippen molar-refractivity contribution < 1.29 is 22.0 Å². The number of halogens is 4. The number of sulfonamides is 1. The van der Waals surface area contributed by atoms with Crippen LogP contribution >= 0.6 is 23.2 Å². The predicted octanol–water partition coefficient (Wildman–Crippen LogP) is 4.74. The fraction of sp³-hybridized carbons (Fsp3) is 0.278. The number of amides is 1. The molecule has 0 atom stereocenters. The highest BCUT2D eigenvalue weighted by atomic mass is 35.5. The highest BCUT2D eigenvalue weighted by Gasteiger charge is 2.24. The maximum absolute atomic E-state index is 13.5. The van der Waals surface area contributed by atoms with Gasteiger partial charge in [0.1, 0.15) is 0 Å². The SMILES string of the molecule is O=C(Nc1cc(F)c(F)c(Cl)c1)c1cc(S(=O)(=O)NC2CCCC2)ccc1Cl. The smallest absolute Gasteiger partial charge is 0.257 e. The lowest BCUT2D eigenvalue weighted by Gasteiger charge is -2.14. The molecule has 0 aromatic heterocycles. The van der Waals surface area contributed by atoms with Gasteiger partial charge in [-0.05, 0) is 37.1 Å². The molecule has 3 rings (SSSR count). The minimum Gasteiger partial charge on any atom is -0.322 e. The van der Waals surface area contributed by atoms with Gasteiger partial charge in [0, 0.05) is 17.8 Å². The van der Waals surface area contributed by atoms with Gasteiger partial charge in [-0.15, -0.1) is 0 Å². The minimum absolute atomic E-state index is 0.00555. The number of carbonyl (C=O) groups excluding carboxylic acids is 1. The lowest BCUT2D eigenvalue weighted by Crippen LogP contribution is -2.32. The second-order valence-electron chi connectivity index (χ2n) is 6.45. The maximum Gasteiger partial charge on any atom is 0.257 e. The number of anilines is 1. The second-order valence-corrected chi connectivity index (χ2v) is 8.98. The van der Waals surface area contributed by atoms with Crippen LogP contribution in [0.15, 0.2) is 35.2 Å². The van der Waals surface area contributed by atoms with Crippen LogP contribution in [0, 0.1) is 11.6 Å². The van der Waals surface area contributed by atoms with Gasteiger partial charge in [0.2, 0.25) is 10.0 Å². The molecule has 28 heavy (non-hydrogen) atoms. The molecule has 1 aliphatic carbocycles. The summed E-state index contributed by atoms with van der Waals surface area (Å²) >= 11 is 11.6. The largest absolute Gasteiger partial charge is 0.322 e. The van der Waals surface area contributed by atoms with E-state index in [9.17, 15) is 22.0 Å². The molecule has 1 aliphatic rings. The summed E-state index contributed by atoms with van der Waals surface area (Å²) < 4.78 is 54.5. The van der Waals surface area contributed by atoms with Gasteiger partial charge < -0.3 is 5.32 Å². The number of carbonyl (C=O) groups is 1. The van der Waals surface area contributed by atoms with Gasteiger partial charge in [-0.25, -0.2) is 21.9 Å². The molecule has 150 valence electrons. The average molecular weight is 449 g/mol. The Balaban J connectivity index is 1.85. The van der Waals surface area contributed by atoms with Crippen LogP contribution in [0.5, 0.6) is 0 Å². The van der Waals surface area contributed by atoms with Crippen molar-refractivity contribution in [3.63, 3.8) is 0 Å². The van der Waals surface area contributed by atoms with Crippen LogP contribution in [0.1, 0.15) is 36.0 Å². The summed E-state index contributed by atoms with van der Waals surface area (Å²) in [6.45, 7) is 0. The summed E-state index contributed by atoms with van der Waals surface area (Å²) in [7, 11) is -3.83. The zero-order valence-electron chi connectivity index (χ0n) is 14.4. The van der Waals surface area contributed by atoms with Gasteiger partial charge in [-0.3, -0.25) is 4.79 Å². The molecule has 0 radical (unpaired) electrons. The standard InChI is InChI=1S/C18H16Cl2F2N2O3S/c19-14-6-5-12(28(26,27)24-10-3-1-2-4-10)9-13(14)18(25)23-11-7-15(20)17(22)16(21)8-11/h5-10,24H,1-4H2,(H,23,25). The molecule has 10 heteroatoms. The molecule has 5 nitrogen and oxygen atoms in total. The normalized spacial score (nSPS) is 15.0. The van der Waals surface area contributed by atoms with Crippen LogP contribution in [0.25, 0.3) is 0 Å². The second kappa shape index (κ2) is 8.32. The molecule has 0 saturated heterocycles. The molecule has 0 unspecified atom stereocenters. The fourth-order valence-electron chi connectivity index (χ4n) is 3.00. The third kappa shape index (κ3) is 4.63. The van der Waals surface area contributed by atoms with Gasteiger partial charge in [-0.1, -0.05) is 36.0 Å². The first kappa shape index (κ1) is 21.0. The van der Waals surface area contributed by atoms with Crippen molar-refractivity contribution in [1.29, 1.82) is 0 Å². The Kier molecular flexibility index (Phi) is 6.24. The number of benzene rings is 2. The first-order valence-corrected chi connectivity index (χ1v) is 10.7. The molecule has 1 fully saturated rings. The summed E-state index contributed by atoms with van der Waals surface area (Å²) in [4.78, 5) is 12.4. The lowest BCUT2D eigenvalue weighted by molar-refractivity contribution is 0.102. The first-order chi connectivity index (χ1) is 13.2. The van der Waals surface area contributed by atoms with Crippen LogP contribution in [0.2, 0.25) is 10.0 Å². The molecule has 2 N–H and O–H groups in total. The summed E-state index contributed by atoms with van der Waals surface area (Å²) in [6, 6.07) is 5.38. The Labute approximate surface area is 171 Å². The van der Waals surface area contributed by atoms with E-state index in [1.54, 1.807) is 0 Å². The molecule has 0 spiro atoms. The van der Waals surface area contributed by atoms with Crippen molar-refractivity contribution in [1.82, 2.24) is 4.72 Å². The molecule has 1 saturated carbocycles. The third-order valence-electron chi connectivity index (χ3n) is 4.41. The van der Waals surface area contributed by atoms with E-state index in [0.717, 1.165) is 43.9 Å². The number of hydrogen-bond acceptors (Lipinski definition) is 3. The maximum atomic E-state index is 13.5. The summed E-state index contributed by atoms with van der Waals surface area (Å²) in [5, 5.41) is 1.83. The predicted molar refractivity (Wildman–Crippen MR) is 103 cm³/mol. The number of hydrogen-bond donors (Lipinski definition) is 2. The topological polar surface area (TPSA) is 75.3 Å². The molecule has 2 aromatic carbocycles. The van der Waals surface area contributed by atoms with E-state index >= 15 is 0 Å². The quantitative estimate of drug-likeness (QED) is 0.648. The molecular weight excluding hydrogens is 433 g/mol. The molecule has 0 aliphatic heterocycles. The van der Waals surface area contributed by atoms with Crippen LogP contribution < -0.4 is 10.0 Å². The van der Waals surface area contributed by atoms with E-state index in [-0.39, 0.29) is 27.2 Å². The van der Waals surface area contributed by atoms with Gasteiger partial charge in [-0.2, -0.15) is 0 Å². The Hall–Kier alpha value is -1.74. The van der Waals surface area contributed by atoms with E-state index in [4.69, 9.17) is 23.2 Å². The van der Waals surface area contributed by atoms with E-state index in [1.807, 2.05) is 0 Å². The molecule has 1 amide bonds. The summed E-state index contributed by atoms with van der Waals surface area (Å²) in [5.41, 5.74) is -0.223. The van der Waals surface area contributed by atoms with Gasteiger partial charge in [0.25, 0.3) is 5.91 Å². The van der Waals surface area contributed by atoms with Crippen molar-refractivity contribution in [3.8, 4) is 0 Å². The highest BCUT2D eigenvalue weighted by molar-refractivity contribution is 7.89. The lowest BCUT2D eigenvalue weighted by atomic mass is 10.2. The van der Waals surface area contributed by atoms with Crippen LogP contribution in [0.4, 0.5) is 14.5 Å². The van der Waals surface area contributed by atoms with Crippen LogP contribution in [-0.4, -0.2) is 20.4 Å². The van der Waals surface area contributed by atoms with Crippen molar-refractivity contribution in [2.75, 3.05) is 5.32 Å². The average Bonchev–Trinajstić information content (AvgIpc) is 3.12. The molecule has 0 heterocycles. The van der Waals surface area contributed by atoms with Crippen LogP contribution in [-0.2, 0) is 10.0 Å². The number of rotatable bonds is 5. The molecular formula is C18H16Cl2F2N2O3S. The molecule has 0 bridgehead atoms. The summed E-state index contributed by atoms with van der Waals surface area (Å²) in [6.07, 6.45) is 3.44. The van der Waals surface area contributed by atoms with Crippen LogP contribution in [0.3, 0.4) is 0 Å². The fourth-order valence-corrected chi connectivity index (χ4v) is 4.74. The Morgan fingerprint density at radius 2 is 1.71 bits per heavy atom. The zero-order chi connectivity index (χ0) is 20.5. The third-order valence-corrected chi connectivity index (χ3v) is 6.53. The Bertz CT molecular complexity index is 1000. The minimum atomic E-state index is -3.83. The van der Waals surface area contributed by atoms with Gasteiger partial charge in [0.05, 0.1) is 20.5 Å². The highest BCUT2D eigenvalue weighted by Crippen LogP contribution is 2.26. The van der Waals surface area contributed by atoms with E-state index in [1.165, 1.54) is 12.1 Å². The first-order valence-electron chi connectivity index (χ1n) is 8.45. The Morgan fingerprint density at radius 3 is 2.36 bits per heavy atom. The van der Waals surface area contributed by atoms with Crippen molar-refractivity contribution in [3.05, 3.63) is 57.6 Å². The van der Waals surface area contributed by atoms with Gasteiger partial charge in [0.15, 0.2) is 11.6 Å². The van der Waals surface area contributed by atoms with Crippen molar-refractivity contribution >= 4 is 44.8 Å².